The number of nitrogens with zero attached hydrogens (tertiary/aromatic N) is 2. The van der Waals surface area contributed by atoms with Crippen LogP contribution in [0.15, 0.2) is 11.3 Å². The fourth-order valence-electron chi connectivity index (χ4n) is 3.25. The number of ketones is 2. The Labute approximate surface area is 130 Å². The van der Waals surface area contributed by atoms with E-state index in [9.17, 15) is 14.7 Å². The van der Waals surface area contributed by atoms with E-state index in [1.165, 1.54) is 0 Å². The van der Waals surface area contributed by atoms with Crippen molar-refractivity contribution in [3.8, 4) is 0 Å². The quantitative estimate of drug-likeness (QED) is 0.865. The van der Waals surface area contributed by atoms with Crippen molar-refractivity contribution in [3.63, 3.8) is 0 Å². The van der Waals surface area contributed by atoms with Gasteiger partial charge < -0.3 is 5.11 Å². The molecule has 0 bridgehead atoms. The van der Waals surface area contributed by atoms with Crippen molar-refractivity contribution in [2.24, 2.45) is 0 Å². The van der Waals surface area contributed by atoms with Crippen molar-refractivity contribution >= 4 is 11.6 Å². The maximum Gasteiger partial charge on any atom is 0.170 e. The second-order valence-corrected chi connectivity index (χ2v) is 5.88. The second kappa shape index (κ2) is 6.38. The van der Waals surface area contributed by atoms with Gasteiger partial charge in [-0.2, -0.15) is 0 Å². The summed E-state index contributed by atoms with van der Waals surface area (Å²) in [6, 6.07) is 0. The summed E-state index contributed by atoms with van der Waals surface area (Å²) in [5.74, 6) is -0.0755. The molecule has 5 heteroatoms. The lowest BCUT2D eigenvalue weighted by atomic mass is 9.80. The first-order valence-electron chi connectivity index (χ1n) is 7.65. The number of aryl methyl sites for hydroxylation is 3. The van der Waals surface area contributed by atoms with Crippen LogP contribution in [0.4, 0.5) is 0 Å². The van der Waals surface area contributed by atoms with Crippen LogP contribution in [0.3, 0.4) is 0 Å². The number of rotatable bonds is 4. The van der Waals surface area contributed by atoms with E-state index in [1.807, 2.05) is 27.7 Å². The number of hydrogen-bond donors (Lipinski definition) is 1. The molecule has 0 aliphatic heterocycles. The molecule has 0 spiro atoms. The minimum Gasteiger partial charge on any atom is -0.511 e. The molecule has 1 aromatic rings. The highest BCUT2D eigenvalue weighted by Gasteiger charge is 2.33. The Kier molecular flexibility index (Phi) is 4.74. The first kappa shape index (κ1) is 16.3. The third-order valence-corrected chi connectivity index (χ3v) is 4.04. The third-order valence-electron chi connectivity index (χ3n) is 4.04. The van der Waals surface area contributed by atoms with Crippen LogP contribution in [0, 0.1) is 20.8 Å². The predicted octanol–water partition coefficient (Wildman–Crippen LogP) is 3.03. The molecular weight excluding hydrogens is 280 g/mol. The van der Waals surface area contributed by atoms with Crippen molar-refractivity contribution in [2.75, 3.05) is 0 Å². The Morgan fingerprint density at radius 1 is 1.18 bits per heavy atom. The van der Waals surface area contributed by atoms with Gasteiger partial charge in [-0.25, -0.2) is 9.97 Å². The zero-order chi connectivity index (χ0) is 16.4. The molecule has 1 atom stereocenters. The lowest BCUT2D eigenvalue weighted by Crippen LogP contribution is -2.24. The highest BCUT2D eigenvalue weighted by Crippen LogP contribution is 2.36. The van der Waals surface area contributed by atoms with Gasteiger partial charge in [0.25, 0.3) is 0 Å². The van der Waals surface area contributed by atoms with Crippen LogP contribution in [0.25, 0.3) is 0 Å². The summed E-state index contributed by atoms with van der Waals surface area (Å²) in [5, 5.41) is 10.2. The summed E-state index contributed by atoms with van der Waals surface area (Å²) in [6.07, 6.45) is 1.48. The average molecular weight is 302 g/mol. The van der Waals surface area contributed by atoms with E-state index in [2.05, 4.69) is 9.97 Å². The van der Waals surface area contributed by atoms with Gasteiger partial charge in [0.1, 0.15) is 11.6 Å². The number of aliphatic hydroxyl groups is 1. The topological polar surface area (TPSA) is 80.2 Å². The van der Waals surface area contributed by atoms with Crippen LogP contribution in [0.2, 0.25) is 0 Å². The number of carbonyl (C=O) groups is 2. The molecule has 1 heterocycles. The van der Waals surface area contributed by atoms with Gasteiger partial charge in [0.2, 0.25) is 0 Å². The Morgan fingerprint density at radius 3 is 2.27 bits per heavy atom. The van der Waals surface area contributed by atoms with E-state index in [1.54, 1.807) is 0 Å². The monoisotopic (exact) mass is 302 g/mol. The maximum absolute atomic E-state index is 12.3. The van der Waals surface area contributed by atoms with E-state index in [0.717, 1.165) is 17.0 Å². The lowest BCUT2D eigenvalue weighted by molar-refractivity contribution is -0.122. The zero-order valence-corrected chi connectivity index (χ0v) is 13.6. The van der Waals surface area contributed by atoms with Crippen LogP contribution in [0.5, 0.6) is 0 Å². The van der Waals surface area contributed by atoms with Crippen molar-refractivity contribution < 1.29 is 14.7 Å². The first-order valence-corrected chi connectivity index (χ1v) is 7.65. The number of carbonyl (C=O) groups excluding carboxylic acids is 2. The Balaban J connectivity index is 2.36. The van der Waals surface area contributed by atoms with E-state index >= 15 is 0 Å². The van der Waals surface area contributed by atoms with Gasteiger partial charge in [0.15, 0.2) is 11.6 Å². The zero-order valence-electron chi connectivity index (χ0n) is 13.6. The summed E-state index contributed by atoms with van der Waals surface area (Å²) in [5.41, 5.74) is 2.58. The summed E-state index contributed by atoms with van der Waals surface area (Å²) in [6.45, 7) is 7.48. The SMILES string of the molecule is CCCC(=O)C1=C(O)CC(c2c(C)nc(C)nc2C)CC1=O. The second-order valence-electron chi connectivity index (χ2n) is 5.88. The van der Waals surface area contributed by atoms with E-state index in [0.29, 0.717) is 25.1 Å². The fraction of sp³-hybridized carbons (Fsp3) is 0.529. The van der Waals surface area contributed by atoms with Crippen LogP contribution < -0.4 is 0 Å². The molecule has 1 aromatic heterocycles. The molecule has 2 rings (SSSR count). The highest BCUT2D eigenvalue weighted by molar-refractivity contribution is 6.21. The van der Waals surface area contributed by atoms with Crippen LogP contribution in [-0.2, 0) is 9.59 Å². The van der Waals surface area contributed by atoms with Crippen LogP contribution in [0.1, 0.15) is 61.3 Å². The standard InChI is InChI=1S/C17H22N2O3/c1-5-6-13(20)17-14(21)7-12(8-15(17)22)16-9(2)18-11(4)19-10(16)3/h12,21H,5-8H2,1-4H3. The largest absolute Gasteiger partial charge is 0.511 e. The maximum atomic E-state index is 12.3. The molecule has 1 unspecified atom stereocenters. The normalized spacial score (nSPS) is 18.7. The summed E-state index contributed by atoms with van der Waals surface area (Å²) in [7, 11) is 0. The molecule has 0 amide bonds. The Bertz CT molecular complexity index is 639. The number of aliphatic hydroxyl groups excluding tert-OH is 1. The molecular formula is C17H22N2O3. The molecule has 118 valence electrons. The molecule has 22 heavy (non-hydrogen) atoms. The van der Waals surface area contributed by atoms with Crippen LogP contribution >= 0.6 is 0 Å². The Hall–Kier alpha value is -2.04. The summed E-state index contributed by atoms with van der Waals surface area (Å²) >= 11 is 0. The minimum atomic E-state index is -0.272. The van der Waals surface area contributed by atoms with E-state index in [4.69, 9.17) is 0 Å². The molecule has 0 fully saturated rings. The number of allylic oxidation sites excluding steroid dienone is 2. The van der Waals surface area contributed by atoms with Gasteiger partial charge in [-0.05, 0) is 32.8 Å². The van der Waals surface area contributed by atoms with Gasteiger partial charge in [-0.1, -0.05) is 6.92 Å². The fourth-order valence-corrected chi connectivity index (χ4v) is 3.25. The van der Waals surface area contributed by atoms with Gasteiger partial charge in [0, 0.05) is 36.6 Å². The van der Waals surface area contributed by atoms with Crippen molar-refractivity contribution in [2.45, 2.75) is 59.3 Å². The molecule has 0 radical (unpaired) electrons. The molecule has 1 aliphatic rings. The van der Waals surface area contributed by atoms with Crippen molar-refractivity contribution in [1.29, 1.82) is 0 Å². The molecule has 1 N–H and O–H groups in total. The molecule has 0 saturated carbocycles. The van der Waals surface area contributed by atoms with Gasteiger partial charge in [0.05, 0.1) is 5.57 Å². The molecule has 0 aromatic carbocycles. The minimum absolute atomic E-state index is 0.00133. The molecule has 0 saturated heterocycles. The number of Topliss-reactive ketones (excluding diaryl/α,β-unsaturated/α-hetero) is 2. The van der Waals surface area contributed by atoms with Crippen molar-refractivity contribution in [3.05, 3.63) is 34.1 Å². The first-order chi connectivity index (χ1) is 10.3. The third kappa shape index (κ3) is 3.08. The summed E-state index contributed by atoms with van der Waals surface area (Å²) in [4.78, 5) is 33.0. The Morgan fingerprint density at radius 2 is 1.77 bits per heavy atom. The number of aromatic nitrogens is 2. The summed E-state index contributed by atoms with van der Waals surface area (Å²) < 4.78 is 0. The van der Waals surface area contributed by atoms with Gasteiger partial charge >= 0.3 is 0 Å². The van der Waals surface area contributed by atoms with E-state index < -0.39 is 0 Å². The van der Waals surface area contributed by atoms with Gasteiger partial charge in [-0.15, -0.1) is 0 Å². The highest BCUT2D eigenvalue weighted by atomic mass is 16.3. The average Bonchev–Trinajstić information content (AvgIpc) is 2.36. The molecule has 5 nitrogen and oxygen atoms in total. The van der Waals surface area contributed by atoms with Crippen LogP contribution in [-0.4, -0.2) is 26.6 Å². The lowest BCUT2D eigenvalue weighted by Gasteiger charge is -2.25. The number of hydrogen-bond acceptors (Lipinski definition) is 5. The molecule has 1 aliphatic carbocycles. The van der Waals surface area contributed by atoms with Gasteiger partial charge in [-0.3, -0.25) is 9.59 Å². The van der Waals surface area contributed by atoms with Crippen molar-refractivity contribution in [1.82, 2.24) is 9.97 Å². The predicted molar refractivity (Wildman–Crippen MR) is 82.8 cm³/mol. The van der Waals surface area contributed by atoms with E-state index in [-0.39, 0.29) is 35.2 Å². The smallest absolute Gasteiger partial charge is 0.170 e.